The Labute approximate surface area is 163 Å². The number of nitrogens with one attached hydrogen (secondary N) is 2. The second-order valence-electron chi connectivity index (χ2n) is 7.95. The average molecular weight is 371 g/mol. The molecule has 1 saturated heterocycles. The number of hydrogen-bond donors (Lipinski definition) is 2. The van der Waals surface area contributed by atoms with Crippen molar-refractivity contribution in [2.24, 2.45) is 10.9 Å². The van der Waals surface area contributed by atoms with E-state index in [2.05, 4.69) is 46.8 Å². The molecular weight excluding hydrogens is 336 g/mol. The number of guanidine groups is 1. The maximum Gasteiger partial charge on any atom is 0.222 e. The SMILES string of the molecule is CCC1CCCC(NC(=NC)NCc2cccc(CN3CCCC3=O)c2)C1. The van der Waals surface area contributed by atoms with Crippen LogP contribution in [0.4, 0.5) is 0 Å². The maximum absolute atomic E-state index is 11.8. The van der Waals surface area contributed by atoms with Crippen molar-refractivity contribution >= 4 is 11.9 Å². The fourth-order valence-corrected chi connectivity index (χ4v) is 4.30. The van der Waals surface area contributed by atoms with Crippen LogP contribution in [0.5, 0.6) is 0 Å². The highest BCUT2D eigenvalue weighted by Gasteiger charge is 2.22. The third-order valence-corrected chi connectivity index (χ3v) is 5.92. The first kappa shape index (κ1) is 19.7. The summed E-state index contributed by atoms with van der Waals surface area (Å²) < 4.78 is 0. The number of carbonyl (C=O) groups is 1. The molecule has 1 heterocycles. The Kier molecular flexibility index (Phi) is 7.13. The Morgan fingerprint density at radius 2 is 2.11 bits per heavy atom. The zero-order valence-corrected chi connectivity index (χ0v) is 16.8. The largest absolute Gasteiger partial charge is 0.354 e. The molecule has 1 aromatic rings. The van der Waals surface area contributed by atoms with Gasteiger partial charge in [0.15, 0.2) is 5.96 Å². The van der Waals surface area contributed by atoms with Gasteiger partial charge in [0.1, 0.15) is 0 Å². The molecule has 1 aliphatic carbocycles. The van der Waals surface area contributed by atoms with E-state index in [0.29, 0.717) is 12.5 Å². The minimum atomic E-state index is 0.279. The molecule has 148 valence electrons. The lowest BCUT2D eigenvalue weighted by molar-refractivity contribution is -0.128. The lowest BCUT2D eigenvalue weighted by atomic mass is 9.84. The van der Waals surface area contributed by atoms with E-state index in [-0.39, 0.29) is 5.91 Å². The molecule has 2 fully saturated rings. The first-order chi connectivity index (χ1) is 13.2. The number of amides is 1. The number of rotatable bonds is 6. The van der Waals surface area contributed by atoms with Crippen molar-refractivity contribution in [1.82, 2.24) is 15.5 Å². The van der Waals surface area contributed by atoms with Crippen LogP contribution in [-0.4, -0.2) is 36.4 Å². The Morgan fingerprint density at radius 3 is 2.85 bits per heavy atom. The van der Waals surface area contributed by atoms with Gasteiger partial charge in [0.2, 0.25) is 5.91 Å². The van der Waals surface area contributed by atoms with Crippen LogP contribution in [0.25, 0.3) is 0 Å². The molecule has 2 N–H and O–H groups in total. The summed E-state index contributed by atoms with van der Waals surface area (Å²) in [5, 5.41) is 7.06. The van der Waals surface area contributed by atoms with Gasteiger partial charge in [-0.25, -0.2) is 0 Å². The Hall–Kier alpha value is -2.04. The number of hydrogen-bond acceptors (Lipinski definition) is 2. The molecule has 0 bridgehead atoms. The van der Waals surface area contributed by atoms with Crippen molar-refractivity contribution in [2.45, 2.75) is 71.0 Å². The van der Waals surface area contributed by atoms with Gasteiger partial charge in [-0.3, -0.25) is 9.79 Å². The van der Waals surface area contributed by atoms with E-state index in [4.69, 9.17) is 0 Å². The predicted octanol–water partition coefficient (Wildman–Crippen LogP) is 3.44. The molecule has 5 heteroatoms. The molecule has 3 rings (SSSR count). The summed E-state index contributed by atoms with van der Waals surface area (Å²) in [5.41, 5.74) is 2.42. The fourth-order valence-electron chi connectivity index (χ4n) is 4.30. The van der Waals surface area contributed by atoms with Gasteiger partial charge < -0.3 is 15.5 Å². The third kappa shape index (κ3) is 5.72. The molecule has 27 heavy (non-hydrogen) atoms. The van der Waals surface area contributed by atoms with E-state index in [1.807, 2.05) is 11.9 Å². The van der Waals surface area contributed by atoms with Crippen LogP contribution in [0.1, 0.15) is 63.0 Å². The van der Waals surface area contributed by atoms with Crippen molar-refractivity contribution in [3.8, 4) is 0 Å². The Bertz CT molecular complexity index is 657. The van der Waals surface area contributed by atoms with Gasteiger partial charge in [0.05, 0.1) is 0 Å². The van der Waals surface area contributed by atoms with Gasteiger partial charge in [-0.05, 0) is 36.3 Å². The van der Waals surface area contributed by atoms with Crippen LogP contribution in [0, 0.1) is 5.92 Å². The predicted molar refractivity (Wildman–Crippen MR) is 110 cm³/mol. The molecule has 0 radical (unpaired) electrons. The summed E-state index contributed by atoms with van der Waals surface area (Å²) in [7, 11) is 1.84. The molecule has 1 aromatic carbocycles. The monoisotopic (exact) mass is 370 g/mol. The van der Waals surface area contributed by atoms with Gasteiger partial charge in [-0.1, -0.05) is 50.5 Å². The van der Waals surface area contributed by atoms with Gasteiger partial charge in [-0.15, -0.1) is 0 Å². The number of likely N-dealkylation sites (tertiary alicyclic amines) is 1. The van der Waals surface area contributed by atoms with E-state index in [1.165, 1.54) is 43.2 Å². The molecule has 2 atom stereocenters. The van der Waals surface area contributed by atoms with E-state index < -0.39 is 0 Å². The minimum Gasteiger partial charge on any atom is -0.354 e. The van der Waals surface area contributed by atoms with E-state index in [0.717, 1.165) is 37.9 Å². The topological polar surface area (TPSA) is 56.7 Å². The van der Waals surface area contributed by atoms with Crippen LogP contribution in [0.3, 0.4) is 0 Å². The average Bonchev–Trinajstić information content (AvgIpc) is 3.10. The van der Waals surface area contributed by atoms with Crippen molar-refractivity contribution in [3.05, 3.63) is 35.4 Å². The molecule has 0 aromatic heterocycles. The number of nitrogens with zero attached hydrogens (tertiary/aromatic N) is 2. The molecule has 1 saturated carbocycles. The molecular formula is C22H34N4O. The summed E-state index contributed by atoms with van der Waals surface area (Å²) in [6, 6.07) is 9.04. The first-order valence-corrected chi connectivity index (χ1v) is 10.5. The molecule has 5 nitrogen and oxygen atoms in total. The van der Waals surface area contributed by atoms with Crippen LogP contribution in [0.15, 0.2) is 29.3 Å². The molecule has 2 aliphatic rings. The quantitative estimate of drug-likeness (QED) is 0.596. The van der Waals surface area contributed by atoms with Crippen molar-refractivity contribution in [3.63, 3.8) is 0 Å². The number of benzene rings is 1. The molecule has 1 amide bonds. The van der Waals surface area contributed by atoms with Crippen LogP contribution in [-0.2, 0) is 17.9 Å². The summed E-state index contributed by atoms with van der Waals surface area (Å²) in [6.45, 7) is 4.65. The van der Waals surface area contributed by atoms with Gasteiger partial charge >= 0.3 is 0 Å². The highest BCUT2D eigenvalue weighted by molar-refractivity contribution is 5.80. The lowest BCUT2D eigenvalue weighted by Gasteiger charge is -2.30. The first-order valence-electron chi connectivity index (χ1n) is 10.5. The van der Waals surface area contributed by atoms with E-state index >= 15 is 0 Å². The lowest BCUT2D eigenvalue weighted by Crippen LogP contribution is -2.45. The smallest absolute Gasteiger partial charge is 0.222 e. The molecule has 1 aliphatic heterocycles. The fraction of sp³-hybridized carbons (Fsp3) is 0.636. The van der Waals surface area contributed by atoms with Crippen LogP contribution < -0.4 is 10.6 Å². The van der Waals surface area contributed by atoms with E-state index in [1.54, 1.807) is 0 Å². The second kappa shape index (κ2) is 9.77. The normalized spacial score (nSPS) is 23.6. The standard InChI is InChI=1S/C22H34N4O/c1-3-17-7-5-10-20(14-17)25-22(23-2)24-15-18-8-4-9-19(13-18)16-26-12-6-11-21(26)27/h4,8-9,13,17,20H,3,5-7,10-12,14-16H2,1-2H3,(H2,23,24,25). The molecule has 2 unspecified atom stereocenters. The van der Waals surface area contributed by atoms with Gasteiger partial charge in [-0.2, -0.15) is 0 Å². The van der Waals surface area contributed by atoms with Gasteiger partial charge in [0.25, 0.3) is 0 Å². The van der Waals surface area contributed by atoms with Crippen molar-refractivity contribution in [1.29, 1.82) is 0 Å². The van der Waals surface area contributed by atoms with Crippen molar-refractivity contribution in [2.75, 3.05) is 13.6 Å². The highest BCUT2D eigenvalue weighted by atomic mass is 16.2. The van der Waals surface area contributed by atoms with Crippen LogP contribution >= 0.6 is 0 Å². The van der Waals surface area contributed by atoms with Crippen molar-refractivity contribution < 1.29 is 4.79 Å². The zero-order chi connectivity index (χ0) is 19.1. The minimum absolute atomic E-state index is 0.279. The summed E-state index contributed by atoms with van der Waals surface area (Å²) in [6.07, 6.45) is 8.12. The maximum atomic E-state index is 11.8. The van der Waals surface area contributed by atoms with E-state index in [9.17, 15) is 4.79 Å². The zero-order valence-electron chi connectivity index (χ0n) is 16.8. The summed E-state index contributed by atoms with van der Waals surface area (Å²) in [5.74, 6) is 2.01. The third-order valence-electron chi connectivity index (χ3n) is 5.92. The summed E-state index contributed by atoms with van der Waals surface area (Å²) in [4.78, 5) is 18.2. The number of carbonyl (C=O) groups excluding carboxylic acids is 1. The van der Waals surface area contributed by atoms with Crippen LogP contribution in [0.2, 0.25) is 0 Å². The molecule has 0 spiro atoms. The van der Waals surface area contributed by atoms with Gasteiger partial charge in [0, 0.05) is 39.1 Å². The highest BCUT2D eigenvalue weighted by Crippen LogP contribution is 2.26. The number of aliphatic imine (C=N–C) groups is 1. The Morgan fingerprint density at radius 1 is 1.26 bits per heavy atom. The summed E-state index contributed by atoms with van der Waals surface area (Å²) >= 11 is 0. The Balaban J connectivity index is 1.50. The second-order valence-corrected chi connectivity index (χ2v) is 7.95.